The Morgan fingerprint density at radius 2 is 2.25 bits per heavy atom. The largest absolute Gasteiger partial charge is 0.488 e. The number of benzene rings is 1. The Labute approximate surface area is 122 Å². The van der Waals surface area contributed by atoms with Crippen LogP contribution in [0.2, 0.25) is 0 Å². The van der Waals surface area contributed by atoms with E-state index in [-0.39, 0.29) is 12.5 Å². The maximum atomic E-state index is 12.1. The summed E-state index contributed by atoms with van der Waals surface area (Å²) in [6, 6.07) is 9.49. The summed E-state index contributed by atoms with van der Waals surface area (Å²) in [5, 5.41) is 8.59. The summed E-state index contributed by atoms with van der Waals surface area (Å²) in [5.74, 6) is 0.681. The molecule has 0 aromatic heterocycles. The van der Waals surface area contributed by atoms with Gasteiger partial charge in [0.1, 0.15) is 17.7 Å². The van der Waals surface area contributed by atoms with Crippen molar-refractivity contribution in [1.29, 1.82) is 0 Å². The highest BCUT2D eigenvalue weighted by Gasteiger charge is 2.53. The van der Waals surface area contributed by atoms with Crippen molar-refractivity contribution in [3.8, 4) is 5.75 Å². The van der Waals surface area contributed by atoms with E-state index in [1.54, 1.807) is 5.01 Å². The van der Waals surface area contributed by atoms with Gasteiger partial charge in [-0.05, 0) is 19.1 Å². The summed E-state index contributed by atoms with van der Waals surface area (Å²) in [6.45, 7) is 3.37. The van der Waals surface area contributed by atoms with Crippen molar-refractivity contribution in [2.24, 2.45) is 5.10 Å². The number of ether oxygens (including phenoxy) is 1. The first kappa shape index (κ1) is 13.2. The molecule has 0 bridgehead atoms. The highest BCUT2D eigenvalue weighted by Crippen LogP contribution is 2.33. The molecule has 1 N–H and O–H groups in total. The van der Waals surface area contributed by atoms with Gasteiger partial charge in [-0.15, -0.1) is 11.6 Å². The number of alkyl halides is 1. The maximum absolute atomic E-state index is 12.1. The summed E-state index contributed by atoms with van der Waals surface area (Å²) in [6.07, 6.45) is 0. The van der Waals surface area contributed by atoms with Crippen molar-refractivity contribution in [3.05, 3.63) is 30.3 Å². The van der Waals surface area contributed by atoms with Crippen molar-refractivity contribution in [2.75, 3.05) is 19.7 Å². The molecule has 2 unspecified atom stereocenters. The fourth-order valence-electron chi connectivity index (χ4n) is 2.51. The predicted molar refractivity (Wildman–Crippen MR) is 77.1 cm³/mol. The molecule has 6 heteroatoms. The lowest BCUT2D eigenvalue weighted by Gasteiger charge is -2.38. The lowest BCUT2D eigenvalue weighted by atomic mass is 9.92. The third-order valence-corrected chi connectivity index (χ3v) is 4.45. The Kier molecular flexibility index (Phi) is 3.30. The molecule has 106 valence electrons. The number of para-hydroxylation sites is 1. The first-order valence-electron chi connectivity index (χ1n) is 6.57. The first-order valence-corrected chi connectivity index (χ1v) is 7.01. The molecule has 1 fully saturated rings. The number of carbonyl (C=O) groups is 1. The van der Waals surface area contributed by atoms with E-state index in [1.807, 2.05) is 37.3 Å². The average Bonchev–Trinajstić information content (AvgIpc) is 2.72. The van der Waals surface area contributed by atoms with Crippen LogP contribution in [-0.4, -0.2) is 47.2 Å². The zero-order chi connectivity index (χ0) is 14.2. The molecule has 0 radical (unpaired) electrons. The molecule has 2 atom stereocenters. The molecule has 0 spiro atoms. The highest BCUT2D eigenvalue weighted by atomic mass is 35.5. The second-order valence-electron chi connectivity index (χ2n) is 5.08. The van der Waals surface area contributed by atoms with E-state index >= 15 is 0 Å². The maximum Gasteiger partial charge on any atom is 0.249 e. The minimum atomic E-state index is -0.810. The minimum Gasteiger partial charge on any atom is -0.488 e. The van der Waals surface area contributed by atoms with Crippen LogP contribution in [0.5, 0.6) is 5.75 Å². The molecule has 3 rings (SSSR count). The molecule has 1 amide bonds. The lowest BCUT2D eigenvalue weighted by molar-refractivity contribution is -0.134. The van der Waals surface area contributed by atoms with Crippen molar-refractivity contribution >= 4 is 23.2 Å². The number of fused-ring (bicyclic) bond motifs is 1. The number of rotatable bonds is 3. The van der Waals surface area contributed by atoms with Gasteiger partial charge < -0.3 is 10.1 Å². The molecule has 0 aliphatic carbocycles. The van der Waals surface area contributed by atoms with E-state index in [1.165, 1.54) is 0 Å². The Bertz CT molecular complexity index is 549. The van der Waals surface area contributed by atoms with Crippen molar-refractivity contribution in [1.82, 2.24) is 10.3 Å². The Hall–Kier alpha value is -1.75. The number of halogens is 1. The Morgan fingerprint density at radius 3 is 2.95 bits per heavy atom. The number of hydrogen-bond donors (Lipinski definition) is 1. The number of hydrazone groups is 1. The summed E-state index contributed by atoms with van der Waals surface area (Å²) in [7, 11) is 0. The van der Waals surface area contributed by atoms with E-state index in [4.69, 9.17) is 16.3 Å². The average molecular weight is 294 g/mol. The molecule has 0 saturated carbocycles. The number of nitrogens with zero attached hydrogens (tertiary/aromatic N) is 2. The number of piperazine rings is 1. The minimum absolute atomic E-state index is 0.0813. The van der Waals surface area contributed by atoms with Gasteiger partial charge in [-0.3, -0.25) is 9.80 Å². The van der Waals surface area contributed by atoms with Crippen LogP contribution in [0, 0.1) is 0 Å². The molecule has 2 heterocycles. The molecule has 2 aliphatic heterocycles. The van der Waals surface area contributed by atoms with Gasteiger partial charge in [-0.25, -0.2) is 0 Å². The van der Waals surface area contributed by atoms with Gasteiger partial charge in [0.2, 0.25) is 5.91 Å². The van der Waals surface area contributed by atoms with Gasteiger partial charge in [0.25, 0.3) is 0 Å². The molecular weight excluding hydrogens is 278 g/mol. The van der Waals surface area contributed by atoms with Gasteiger partial charge >= 0.3 is 0 Å². The number of amides is 1. The monoisotopic (exact) mass is 293 g/mol. The van der Waals surface area contributed by atoms with Gasteiger partial charge in [0, 0.05) is 6.54 Å². The van der Waals surface area contributed by atoms with Gasteiger partial charge in [-0.2, -0.15) is 5.10 Å². The van der Waals surface area contributed by atoms with Crippen LogP contribution in [0.4, 0.5) is 0 Å². The SMILES string of the molecule is CC12C(=O)NCCN1N=C(COc1ccccc1)C2Cl. The second kappa shape index (κ2) is 4.98. The second-order valence-corrected chi connectivity index (χ2v) is 5.52. The van der Waals surface area contributed by atoms with E-state index in [0.29, 0.717) is 18.8 Å². The zero-order valence-corrected chi connectivity index (χ0v) is 11.9. The van der Waals surface area contributed by atoms with Crippen LogP contribution in [0.25, 0.3) is 0 Å². The van der Waals surface area contributed by atoms with Crippen LogP contribution < -0.4 is 10.1 Å². The summed E-state index contributed by atoms with van der Waals surface area (Å²) < 4.78 is 5.67. The van der Waals surface area contributed by atoms with Gasteiger partial charge in [0.15, 0.2) is 5.54 Å². The van der Waals surface area contributed by atoms with Crippen LogP contribution in [-0.2, 0) is 4.79 Å². The summed E-state index contributed by atoms with van der Waals surface area (Å²) in [5.41, 5.74) is -0.120. The Balaban J connectivity index is 1.73. The van der Waals surface area contributed by atoms with Crippen LogP contribution in [0.3, 0.4) is 0 Å². The third-order valence-electron chi connectivity index (χ3n) is 3.77. The molecule has 1 aromatic carbocycles. The standard InChI is InChI=1S/C14H16ClN3O2/c1-14-12(15)11(9-20-10-5-3-2-4-6-10)17-18(14)8-7-16-13(14)19/h2-6,12H,7-9H2,1H3,(H,16,19). The van der Waals surface area contributed by atoms with Crippen molar-refractivity contribution in [2.45, 2.75) is 17.8 Å². The lowest BCUT2D eigenvalue weighted by Crippen LogP contribution is -2.63. The van der Waals surface area contributed by atoms with Crippen LogP contribution >= 0.6 is 11.6 Å². The topological polar surface area (TPSA) is 53.9 Å². The molecule has 20 heavy (non-hydrogen) atoms. The normalized spacial score (nSPS) is 28.7. The van der Waals surface area contributed by atoms with Crippen molar-refractivity contribution < 1.29 is 9.53 Å². The highest BCUT2D eigenvalue weighted by molar-refractivity contribution is 6.36. The molecule has 1 aromatic rings. The van der Waals surface area contributed by atoms with Crippen LogP contribution in [0.1, 0.15) is 6.92 Å². The summed E-state index contributed by atoms with van der Waals surface area (Å²) >= 11 is 6.44. The summed E-state index contributed by atoms with van der Waals surface area (Å²) in [4.78, 5) is 12.1. The third kappa shape index (κ3) is 2.02. The molecule has 1 saturated heterocycles. The zero-order valence-electron chi connectivity index (χ0n) is 11.2. The molecule has 5 nitrogen and oxygen atoms in total. The Morgan fingerprint density at radius 1 is 1.50 bits per heavy atom. The van der Waals surface area contributed by atoms with Crippen LogP contribution in [0.15, 0.2) is 35.4 Å². The quantitative estimate of drug-likeness (QED) is 0.853. The van der Waals surface area contributed by atoms with E-state index in [2.05, 4.69) is 10.4 Å². The smallest absolute Gasteiger partial charge is 0.249 e. The van der Waals surface area contributed by atoms with Crippen molar-refractivity contribution in [3.63, 3.8) is 0 Å². The molecular formula is C14H16ClN3O2. The predicted octanol–water partition coefficient (Wildman–Crippen LogP) is 1.23. The van der Waals surface area contributed by atoms with E-state index in [0.717, 1.165) is 5.75 Å². The fourth-order valence-corrected chi connectivity index (χ4v) is 2.83. The van der Waals surface area contributed by atoms with Gasteiger partial charge in [-0.1, -0.05) is 18.2 Å². The number of hydrogen-bond acceptors (Lipinski definition) is 4. The number of nitrogens with one attached hydrogen (secondary N) is 1. The fraction of sp³-hybridized carbons (Fsp3) is 0.429. The van der Waals surface area contributed by atoms with Gasteiger partial charge in [0.05, 0.1) is 12.3 Å². The number of carbonyl (C=O) groups excluding carboxylic acids is 1. The molecule has 2 aliphatic rings. The van der Waals surface area contributed by atoms with E-state index < -0.39 is 10.9 Å². The van der Waals surface area contributed by atoms with E-state index in [9.17, 15) is 4.79 Å². The first-order chi connectivity index (χ1) is 9.62.